The number of pyridine rings is 1. The number of hydrogen-bond acceptors (Lipinski definition) is 2. The molecule has 0 aliphatic rings. The summed E-state index contributed by atoms with van der Waals surface area (Å²) in [6, 6.07) is 56.1. The second-order valence-corrected chi connectivity index (χ2v) is 11.4. The highest BCUT2D eigenvalue weighted by atomic mass is 15.1. The Kier molecular flexibility index (Phi) is 5.78. The standard InChI is InChI=1S/C41H28N4/c1-2-12-34-29(10-1)11-9-17-38(34)44(31-21-19-30(20-22-31)37-28-43-27-8-7-18-41(43)42-37)32-23-25-33(26-24-32)45-39-15-5-3-13-35(39)36-14-4-6-16-40(36)45/h1-28H. The first-order chi connectivity index (χ1) is 22.3. The first-order valence-corrected chi connectivity index (χ1v) is 15.2. The Labute approximate surface area is 260 Å². The van der Waals surface area contributed by atoms with Gasteiger partial charge in [0.1, 0.15) is 5.65 Å². The van der Waals surface area contributed by atoms with Crippen LogP contribution in [0.15, 0.2) is 170 Å². The molecule has 3 aromatic heterocycles. The van der Waals surface area contributed by atoms with Crippen LogP contribution < -0.4 is 4.90 Å². The molecule has 6 aromatic carbocycles. The molecule has 0 bridgehead atoms. The van der Waals surface area contributed by atoms with E-state index in [1.54, 1.807) is 0 Å². The lowest BCUT2D eigenvalue weighted by molar-refractivity contribution is 1.17. The Morgan fingerprint density at radius 1 is 0.489 bits per heavy atom. The fraction of sp³-hybridized carbons (Fsp3) is 0. The predicted molar refractivity (Wildman–Crippen MR) is 187 cm³/mol. The fourth-order valence-electron chi connectivity index (χ4n) is 6.64. The minimum atomic E-state index is 0.942. The van der Waals surface area contributed by atoms with Crippen LogP contribution in [0.4, 0.5) is 17.1 Å². The van der Waals surface area contributed by atoms with Crippen LogP contribution in [0, 0.1) is 0 Å². The average Bonchev–Trinajstić information content (AvgIpc) is 3.69. The summed E-state index contributed by atoms with van der Waals surface area (Å²) >= 11 is 0. The molecule has 0 aliphatic carbocycles. The number of anilines is 3. The first kappa shape index (κ1) is 25.4. The van der Waals surface area contributed by atoms with Gasteiger partial charge in [0, 0.05) is 51.2 Å². The van der Waals surface area contributed by atoms with Gasteiger partial charge in [-0.25, -0.2) is 4.98 Å². The van der Waals surface area contributed by atoms with Crippen molar-refractivity contribution in [3.8, 4) is 16.9 Å². The molecule has 9 aromatic rings. The van der Waals surface area contributed by atoms with Gasteiger partial charge in [-0.2, -0.15) is 0 Å². The molecule has 0 amide bonds. The van der Waals surface area contributed by atoms with Crippen LogP contribution in [0.2, 0.25) is 0 Å². The Hall–Kier alpha value is -6.13. The number of aromatic nitrogens is 3. The molecule has 0 saturated heterocycles. The van der Waals surface area contributed by atoms with E-state index < -0.39 is 0 Å². The SMILES string of the molecule is c1ccc2c(N(c3ccc(-c4cn5ccccc5n4)cc3)c3ccc(-n4c5ccccc5c5ccccc54)cc3)cccc2c1. The van der Waals surface area contributed by atoms with Gasteiger partial charge in [-0.1, -0.05) is 91.0 Å². The van der Waals surface area contributed by atoms with Gasteiger partial charge in [-0.05, 0) is 72.1 Å². The molecule has 0 fully saturated rings. The smallest absolute Gasteiger partial charge is 0.137 e. The van der Waals surface area contributed by atoms with Crippen molar-refractivity contribution in [3.63, 3.8) is 0 Å². The molecular weight excluding hydrogens is 548 g/mol. The van der Waals surface area contributed by atoms with Crippen molar-refractivity contribution in [2.45, 2.75) is 0 Å². The molecule has 0 unspecified atom stereocenters. The Morgan fingerprint density at radius 2 is 1.09 bits per heavy atom. The van der Waals surface area contributed by atoms with Gasteiger partial charge < -0.3 is 13.9 Å². The van der Waals surface area contributed by atoms with Crippen LogP contribution >= 0.6 is 0 Å². The van der Waals surface area contributed by atoms with Gasteiger partial charge in [0.15, 0.2) is 0 Å². The molecule has 0 spiro atoms. The molecule has 4 heteroatoms. The number of benzene rings is 6. The molecular formula is C41H28N4. The van der Waals surface area contributed by atoms with Gasteiger partial charge >= 0.3 is 0 Å². The normalized spacial score (nSPS) is 11.6. The van der Waals surface area contributed by atoms with E-state index in [2.05, 4.69) is 160 Å². The second-order valence-electron chi connectivity index (χ2n) is 11.4. The summed E-state index contributed by atoms with van der Waals surface area (Å²) in [7, 11) is 0. The molecule has 4 nitrogen and oxygen atoms in total. The van der Waals surface area contributed by atoms with Crippen molar-refractivity contribution < 1.29 is 0 Å². The second kappa shape index (κ2) is 10.2. The van der Waals surface area contributed by atoms with Gasteiger partial charge in [0.05, 0.1) is 22.4 Å². The third kappa shape index (κ3) is 4.19. The number of imidazole rings is 1. The minimum Gasteiger partial charge on any atom is -0.310 e. The molecule has 9 rings (SSSR count). The lowest BCUT2D eigenvalue weighted by Gasteiger charge is -2.27. The number of hydrogen-bond donors (Lipinski definition) is 0. The van der Waals surface area contributed by atoms with E-state index in [0.29, 0.717) is 0 Å². The van der Waals surface area contributed by atoms with Crippen molar-refractivity contribution in [1.29, 1.82) is 0 Å². The quantitative estimate of drug-likeness (QED) is 0.204. The third-order valence-electron chi connectivity index (χ3n) is 8.74. The topological polar surface area (TPSA) is 25.5 Å². The maximum atomic E-state index is 4.84. The minimum absolute atomic E-state index is 0.942. The van der Waals surface area contributed by atoms with Gasteiger partial charge in [0.25, 0.3) is 0 Å². The summed E-state index contributed by atoms with van der Waals surface area (Å²) in [6.45, 7) is 0. The number of fused-ring (bicyclic) bond motifs is 5. The predicted octanol–water partition coefficient (Wildman–Crippen LogP) is 10.7. The van der Waals surface area contributed by atoms with Gasteiger partial charge in [-0.3, -0.25) is 0 Å². The number of para-hydroxylation sites is 2. The summed E-state index contributed by atoms with van der Waals surface area (Å²) < 4.78 is 4.42. The van der Waals surface area contributed by atoms with Crippen molar-refractivity contribution in [1.82, 2.24) is 14.0 Å². The molecule has 3 heterocycles. The summed E-state index contributed by atoms with van der Waals surface area (Å²) in [5, 5.41) is 4.94. The van der Waals surface area contributed by atoms with E-state index in [1.807, 2.05) is 24.4 Å². The van der Waals surface area contributed by atoms with E-state index in [4.69, 9.17) is 4.98 Å². The van der Waals surface area contributed by atoms with E-state index in [9.17, 15) is 0 Å². The van der Waals surface area contributed by atoms with Gasteiger partial charge in [-0.15, -0.1) is 0 Å². The maximum Gasteiger partial charge on any atom is 0.137 e. The monoisotopic (exact) mass is 576 g/mol. The summed E-state index contributed by atoms with van der Waals surface area (Å²) in [4.78, 5) is 7.19. The van der Waals surface area contributed by atoms with Crippen molar-refractivity contribution in [2.75, 3.05) is 4.90 Å². The van der Waals surface area contributed by atoms with Crippen LogP contribution in [-0.4, -0.2) is 14.0 Å². The molecule has 0 radical (unpaired) electrons. The molecule has 0 aliphatic heterocycles. The first-order valence-electron chi connectivity index (χ1n) is 15.2. The van der Waals surface area contributed by atoms with Gasteiger partial charge in [0.2, 0.25) is 0 Å². The number of rotatable bonds is 5. The molecule has 0 N–H and O–H groups in total. The Bertz CT molecular complexity index is 2390. The largest absolute Gasteiger partial charge is 0.310 e. The van der Waals surface area contributed by atoms with E-state index in [-0.39, 0.29) is 0 Å². The maximum absolute atomic E-state index is 4.84. The van der Waals surface area contributed by atoms with Crippen LogP contribution in [0.5, 0.6) is 0 Å². The third-order valence-corrected chi connectivity index (χ3v) is 8.74. The zero-order valence-electron chi connectivity index (χ0n) is 24.5. The Morgan fingerprint density at radius 3 is 1.80 bits per heavy atom. The van der Waals surface area contributed by atoms with Crippen LogP contribution in [0.1, 0.15) is 0 Å². The highest BCUT2D eigenvalue weighted by Crippen LogP contribution is 2.40. The lowest BCUT2D eigenvalue weighted by Crippen LogP contribution is -2.10. The molecule has 0 saturated carbocycles. The van der Waals surface area contributed by atoms with Crippen molar-refractivity contribution >= 4 is 55.3 Å². The van der Waals surface area contributed by atoms with E-state index in [1.165, 1.54) is 32.6 Å². The molecule has 212 valence electrons. The van der Waals surface area contributed by atoms with E-state index >= 15 is 0 Å². The summed E-state index contributed by atoms with van der Waals surface area (Å²) in [5.74, 6) is 0. The highest BCUT2D eigenvalue weighted by molar-refractivity contribution is 6.09. The zero-order chi connectivity index (χ0) is 29.7. The van der Waals surface area contributed by atoms with Crippen LogP contribution in [0.3, 0.4) is 0 Å². The Balaban J connectivity index is 1.18. The van der Waals surface area contributed by atoms with Crippen LogP contribution in [-0.2, 0) is 0 Å². The lowest BCUT2D eigenvalue weighted by atomic mass is 10.1. The number of nitrogens with zero attached hydrogens (tertiary/aromatic N) is 4. The van der Waals surface area contributed by atoms with Crippen LogP contribution in [0.25, 0.3) is 55.2 Å². The molecule has 0 atom stereocenters. The average molecular weight is 577 g/mol. The fourth-order valence-corrected chi connectivity index (χ4v) is 6.64. The zero-order valence-corrected chi connectivity index (χ0v) is 24.5. The van der Waals surface area contributed by atoms with Crippen molar-refractivity contribution in [2.24, 2.45) is 0 Å². The van der Waals surface area contributed by atoms with E-state index in [0.717, 1.165) is 39.7 Å². The summed E-state index contributed by atoms with van der Waals surface area (Å²) in [6.07, 6.45) is 4.12. The molecule has 45 heavy (non-hydrogen) atoms. The van der Waals surface area contributed by atoms with Crippen molar-refractivity contribution in [3.05, 3.63) is 170 Å². The summed E-state index contributed by atoms with van der Waals surface area (Å²) in [5.41, 5.74) is 9.85. The highest BCUT2D eigenvalue weighted by Gasteiger charge is 2.17.